The SMILES string of the molecule is Fc1cc(-c2cncc(CN3CCCCC3)c2)cc2c(-c3nc4c(-c5ccccn5)nccc4[nH]3)[nH]nc12. The molecule has 6 aromatic rings. The predicted molar refractivity (Wildman–Crippen MR) is 145 cm³/mol. The van der Waals surface area contributed by atoms with Crippen LogP contribution in [-0.4, -0.2) is 53.1 Å². The molecule has 0 spiro atoms. The summed E-state index contributed by atoms with van der Waals surface area (Å²) < 4.78 is 15.3. The van der Waals surface area contributed by atoms with Crippen molar-refractivity contribution in [1.29, 1.82) is 0 Å². The standard InChI is InChI=1S/C29H25FN8/c30-22-14-19(20-12-18(15-31-16-20)17-38-10-4-1-5-11-38)13-21-25(22)36-37-26(21)29-34-24-7-9-33-27(28(24)35-29)23-6-2-3-8-32-23/h2-3,6-9,12-16H,1,4-5,10-11,17H2,(H,34,35)(H,36,37). The number of aromatic nitrogens is 7. The average Bonchev–Trinajstić information content (AvgIpc) is 3.59. The number of piperidine rings is 1. The highest BCUT2D eigenvalue weighted by Crippen LogP contribution is 2.33. The molecule has 9 heteroatoms. The van der Waals surface area contributed by atoms with Gasteiger partial charge in [-0.2, -0.15) is 5.10 Å². The van der Waals surface area contributed by atoms with E-state index in [9.17, 15) is 0 Å². The van der Waals surface area contributed by atoms with Crippen molar-refractivity contribution in [3.05, 3.63) is 78.6 Å². The first kappa shape index (κ1) is 22.7. The van der Waals surface area contributed by atoms with Crippen LogP contribution in [-0.2, 0) is 6.54 Å². The van der Waals surface area contributed by atoms with Gasteiger partial charge < -0.3 is 4.98 Å². The van der Waals surface area contributed by atoms with Gasteiger partial charge in [-0.05, 0) is 73.5 Å². The van der Waals surface area contributed by atoms with Crippen LogP contribution in [0.2, 0.25) is 0 Å². The molecule has 0 unspecified atom stereocenters. The lowest BCUT2D eigenvalue weighted by Crippen LogP contribution is -2.29. The van der Waals surface area contributed by atoms with Gasteiger partial charge in [0.05, 0.1) is 11.2 Å². The molecule has 0 saturated carbocycles. The van der Waals surface area contributed by atoms with Gasteiger partial charge >= 0.3 is 0 Å². The summed E-state index contributed by atoms with van der Waals surface area (Å²) in [6.07, 6.45) is 10.9. The molecular formula is C29H25FN8. The number of halogens is 1. The first-order valence-corrected chi connectivity index (χ1v) is 12.8. The third kappa shape index (κ3) is 4.10. The Bertz CT molecular complexity index is 1750. The number of hydrogen-bond acceptors (Lipinski definition) is 6. The normalized spacial score (nSPS) is 14.4. The maximum absolute atomic E-state index is 15.3. The summed E-state index contributed by atoms with van der Waals surface area (Å²) in [6.45, 7) is 3.07. The van der Waals surface area contributed by atoms with E-state index in [0.717, 1.165) is 47.5 Å². The molecule has 8 nitrogen and oxygen atoms in total. The zero-order chi connectivity index (χ0) is 25.5. The minimum atomic E-state index is -0.395. The Morgan fingerprint density at radius 2 is 1.82 bits per heavy atom. The number of fused-ring (bicyclic) bond motifs is 2. The van der Waals surface area contributed by atoms with Crippen molar-refractivity contribution in [3.8, 4) is 34.0 Å². The average molecular weight is 505 g/mol. The Hall–Kier alpha value is -4.50. The molecule has 0 amide bonds. The predicted octanol–water partition coefficient (Wildman–Crippen LogP) is 5.75. The van der Waals surface area contributed by atoms with Crippen LogP contribution in [0.4, 0.5) is 4.39 Å². The van der Waals surface area contributed by atoms with Gasteiger partial charge in [-0.25, -0.2) is 9.37 Å². The second-order valence-corrected chi connectivity index (χ2v) is 9.73. The van der Waals surface area contributed by atoms with E-state index >= 15 is 4.39 Å². The van der Waals surface area contributed by atoms with Gasteiger partial charge in [-0.1, -0.05) is 12.5 Å². The Morgan fingerprint density at radius 1 is 0.895 bits per heavy atom. The molecule has 0 bridgehead atoms. The Morgan fingerprint density at radius 3 is 2.68 bits per heavy atom. The number of hydrogen-bond donors (Lipinski definition) is 2. The van der Waals surface area contributed by atoms with Crippen LogP contribution in [0, 0.1) is 5.82 Å². The summed E-state index contributed by atoms with van der Waals surface area (Å²) in [5.74, 6) is 0.162. The summed E-state index contributed by atoms with van der Waals surface area (Å²) >= 11 is 0. The van der Waals surface area contributed by atoms with Gasteiger partial charge in [0.25, 0.3) is 0 Å². The van der Waals surface area contributed by atoms with Crippen LogP contribution >= 0.6 is 0 Å². The van der Waals surface area contributed by atoms with Crippen LogP contribution in [0.25, 0.3) is 56.0 Å². The van der Waals surface area contributed by atoms with Gasteiger partial charge in [0.2, 0.25) is 0 Å². The highest BCUT2D eigenvalue weighted by molar-refractivity contribution is 5.97. The number of likely N-dealkylation sites (tertiary alicyclic amines) is 1. The van der Waals surface area contributed by atoms with Crippen molar-refractivity contribution in [2.24, 2.45) is 0 Å². The topological polar surface area (TPSA) is 99.3 Å². The molecule has 5 aromatic heterocycles. The van der Waals surface area contributed by atoms with Crippen LogP contribution in [0.1, 0.15) is 24.8 Å². The Labute approximate surface area is 218 Å². The lowest BCUT2D eigenvalue weighted by Gasteiger charge is -2.26. The van der Waals surface area contributed by atoms with Crippen LogP contribution in [0.3, 0.4) is 0 Å². The maximum atomic E-state index is 15.3. The highest BCUT2D eigenvalue weighted by atomic mass is 19.1. The fraction of sp³-hybridized carbons (Fsp3) is 0.207. The van der Waals surface area contributed by atoms with Crippen LogP contribution in [0.15, 0.2) is 67.3 Å². The number of pyridine rings is 3. The van der Waals surface area contributed by atoms with Gasteiger partial charge in [0, 0.05) is 42.3 Å². The van der Waals surface area contributed by atoms with Crippen LogP contribution in [0.5, 0.6) is 0 Å². The zero-order valence-electron chi connectivity index (χ0n) is 20.7. The monoisotopic (exact) mass is 504 g/mol. The zero-order valence-corrected chi connectivity index (χ0v) is 20.7. The van der Waals surface area contributed by atoms with Gasteiger partial charge in [0.15, 0.2) is 11.6 Å². The molecule has 38 heavy (non-hydrogen) atoms. The van der Waals surface area contributed by atoms with Crippen molar-refractivity contribution in [2.75, 3.05) is 13.1 Å². The number of imidazole rings is 1. The minimum absolute atomic E-state index is 0.268. The highest BCUT2D eigenvalue weighted by Gasteiger charge is 2.19. The smallest absolute Gasteiger partial charge is 0.157 e. The van der Waals surface area contributed by atoms with E-state index in [2.05, 4.69) is 41.1 Å². The fourth-order valence-corrected chi connectivity index (χ4v) is 5.27. The summed E-state index contributed by atoms with van der Waals surface area (Å²) in [6, 6.07) is 13.1. The Balaban J connectivity index is 1.29. The summed E-state index contributed by atoms with van der Waals surface area (Å²) in [4.78, 5) is 24.0. The summed E-state index contributed by atoms with van der Waals surface area (Å²) in [5.41, 5.74) is 6.54. The number of benzene rings is 1. The molecule has 0 radical (unpaired) electrons. The maximum Gasteiger partial charge on any atom is 0.157 e. The molecule has 1 saturated heterocycles. The van der Waals surface area contributed by atoms with Crippen molar-refractivity contribution < 1.29 is 4.39 Å². The molecule has 7 rings (SSSR count). The molecule has 0 atom stereocenters. The van der Waals surface area contributed by atoms with Gasteiger partial charge in [0.1, 0.15) is 22.4 Å². The number of H-pyrrole nitrogens is 2. The van der Waals surface area contributed by atoms with E-state index in [0.29, 0.717) is 28.1 Å². The first-order valence-electron chi connectivity index (χ1n) is 12.8. The Kier molecular flexibility index (Phi) is 5.62. The largest absolute Gasteiger partial charge is 0.337 e. The molecule has 2 N–H and O–H groups in total. The van der Waals surface area contributed by atoms with Crippen LogP contribution < -0.4 is 0 Å². The van der Waals surface area contributed by atoms with Crippen molar-refractivity contribution >= 4 is 21.9 Å². The number of aromatic amines is 2. The van der Waals surface area contributed by atoms with Gasteiger partial charge in [-0.3, -0.25) is 25.0 Å². The number of rotatable bonds is 5. The lowest BCUT2D eigenvalue weighted by molar-refractivity contribution is 0.220. The summed E-state index contributed by atoms with van der Waals surface area (Å²) in [7, 11) is 0. The number of nitrogens with one attached hydrogen (secondary N) is 2. The van der Waals surface area contributed by atoms with E-state index in [4.69, 9.17) is 4.98 Å². The molecule has 1 aliphatic heterocycles. The third-order valence-corrected chi connectivity index (χ3v) is 7.14. The van der Waals surface area contributed by atoms with E-state index in [1.165, 1.54) is 25.3 Å². The molecule has 1 aromatic carbocycles. The molecule has 1 fully saturated rings. The molecular weight excluding hydrogens is 479 g/mol. The van der Waals surface area contributed by atoms with E-state index < -0.39 is 5.82 Å². The summed E-state index contributed by atoms with van der Waals surface area (Å²) in [5, 5.41) is 7.90. The number of nitrogens with zero attached hydrogens (tertiary/aromatic N) is 6. The van der Waals surface area contributed by atoms with Crippen molar-refractivity contribution in [3.63, 3.8) is 0 Å². The minimum Gasteiger partial charge on any atom is -0.337 e. The fourth-order valence-electron chi connectivity index (χ4n) is 5.27. The lowest BCUT2D eigenvalue weighted by atomic mass is 10.0. The van der Waals surface area contributed by atoms with E-state index in [1.54, 1.807) is 18.6 Å². The molecule has 6 heterocycles. The second-order valence-electron chi connectivity index (χ2n) is 9.73. The van der Waals surface area contributed by atoms with Crippen molar-refractivity contribution in [1.82, 2.24) is 40.0 Å². The van der Waals surface area contributed by atoms with E-state index in [-0.39, 0.29) is 5.52 Å². The first-order chi connectivity index (χ1) is 18.7. The quantitative estimate of drug-likeness (QED) is 0.310. The third-order valence-electron chi connectivity index (χ3n) is 7.14. The van der Waals surface area contributed by atoms with Crippen molar-refractivity contribution in [2.45, 2.75) is 25.8 Å². The molecule has 0 aliphatic carbocycles. The molecule has 1 aliphatic rings. The molecule has 188 valence electrons. The van der Waals surface area contributed by atoms with Gasteiger partial charge in [-0.15, -0.1) is 0 Å². The van der Waals surface area contributed by atoms with E-state index in [1.807, 2.05) is 36.5 Å². The second kappa shape index (κ2) is 9.42.